The summed E-state index contributed by atoms with van der Waals surface area (Å²) in [5.41, 5.74) is 11.4. The molecule has 12 rings (SSSR count). The average molecular weight is 779 g/mol. The minimum atomic E-state index is -0.635. The van der Waals surface area contributed by atoms with Gasteiger partial charge in [0.2, 0.25) is 0 Å². The van der Waals surface area contributed by atoms with Gasteiger partial charge in [-0.05, 0) is 58.7 Å². The minimum absolute atomic E-state index is 0.311. The van der Waals surface area contributed by atoms with Gasteiger partial charge < -0.3 is 9.30 Å². The molecule has 1 spiro atoms. The predicted octanol–water partition coefficient (Wildman–Crippen LogP) is 12.2. The van der Waals surface area contributed by atoms with Gasteiger partial charge in [0.1, 0.15) is 17.6 Å². The molecule has 7 nitrogen and oxygen atoms in total. The third-order valence-corrected chi connectivity index (χ3v) is 12.2. The van der Waals surface area contributed by atoms with Crippen molar-refractivity contribution in [2.75, 3.05) is 0 Å². The van der Waals surface area contributed by atoms with E-state index < -0.39 is 5.41 Å². The Morgan fingerprint density at radius 2 is 1.02 bits per heavy atom. The van der Waals surface area contributed by atoms with E-state index in [-0.39, 0.29) is 0 Å². The largest absolute Gasteiger partial charge is 0.457 e. The highest BCUT2D eigenvalue weighted by Crippen LogP contribution is 2.63. The number of benzene rings is 8. The van der Waals surface area contributed by atoms with Gasteiger partial charge in [-0.3, -0.25) is 0 Å². The lowest BCUT2D eigenvalue weighted by molar-refractivity contribution is 0.436. The Morgan fingerprint density at radius 3 is 1.67 bits per heavy atom. The highest BCUT2D eigenvalue weighted by atomic mass is 16.5. The second-order valence-electron chi connectivity index (χ2n) is 15.3. The SMILES string of the molecule is N#Cc1cc(-n2c3ccccc3c3c4c(ccc32)C2(c3ccccc3Oc3ccccc32)c2ccccc2-4)c(C#N)cc1-c1nc(-c2ccccc2)nc(-c2ccccc2)n1. The fourth-order valence-electron chi connectivity index (χ4n) is 9.73. The second-order valence-corrected chi connectivity index (χ2v) is 15.3. The van der Waals surface area contributed by atoms with Gasteiger partial charge in [0, 0.05) is 38.6 Å². The van der Waals surface area contributed by atoms with Crippen molar-refractivity contribution >= 4 is 21.8 Å². The van der Waals surface area contributed by atoms with E-state index in [4.69, 9.17) is 19.7 Å². The van der Waals surface area contributed by atoms with E-state index in [2.05, 4.69) is 108 Å². The first-order chi connectivity index (χ1) is 30.2. The first kappa shape index (κ1) is 34.4. The number of hydrogen-bond donors (Lipinski definition) is 0. The maximum Gasteiger partial charge on any atom is 0.165 e. The van der Waals surface area contributed by atoms with Crippen molar-refractivity contribution in [3.05, 3.63) is 215 Å². The van der Waals surface area contributed by atoms with Crippen molar-refractivity contribution < 1.29 is 4.74 Å². The zero-order valence-electron chi connectivity index (χ0n) is 32.4. The number of para-hydroxylation sites is 3. The lowest BCUT2D eigenvalue weighted by Gasteiger charge is -2.39. The molecule has 0 saturated carbocycles. The minimum Gasteiger partial charge on any atom is -0.457 e. The van der Waals surface area contributed by atoms with Crippen LogP contribution in [-0.2, 0) is 5.41 Å². The van der Waals surface area contributed by atoms with Gasteiger partial charge in [-0.15, -0.1) is 0 Å². The summed E-state index contributed by atoms with van der Waals surface area (Å²) in [7, 11) is 0. The van der Waals surface area contributed by atoms with Gasteiger partial charge in [-0.1, -0.05) is 146 Å². The van der Waals surface area contributed by atoms with Crippen LogP contribution in [0.5, 0.6) is 11.5 Å². The normalized spacial score (nSPS) is 12.8. The Balaban J connectivity index is 1.13. The molecule has 1 aliphatic heterocycles. The van der Waals surface area contributed by atoms with Crippen molar-refractivity contribution in [1.29, 1.82) is 10.5 Å². The van der Waals surface area contributed by atoms with E-state index in [0.717, 1.165) is 66.7 Å². The summed E-state index contributed by atoms with van der Waals surface area (Å²) in [5, 5.41) is 24.0. The monoisotopic (exact) mass is 778 g/mol. The molecule has 0 saturated heterocycles. The first-order valence-electron chi connectivity index (χ1n) is 20.1. The molecular weight excluding hydrogens is 749 g/mol. The molecule has 0 unspecified atom stereocenters. The quantitative estimate of drug-likeness (QED) is 0.176. The Bertz CT molecular complexity index is 3440. The van der Waals surface area contributed by atoms with E-state index in [9.17, 15) is 10.5 Å². The lowest BCUT2D eigenvalue weighted by Crippen LogP contribution is -2.32. The molecule has 1 aliphatic carbocycles. The maximum absolute atomic E-state index is 11.0. The van der Waals surface area contributed by atoms with Crippen LogP contribution in [-0.4, -0.2) is 19.5 Å². The summed E-state index contributed by atoms with van der Waals surface area (Å²) in [5.74, 6) is 2.92. The lowest BCUT2D eigenvalue weighted by atomic mass is 9.66. The molecule has 282 valence electrons. The molecule has 7 heteroatoms. The van der Waals surface area contributed by atoms with Gasteiger partial charge in [-0.2, -0.15) is 10.5 Å². The number of nitrogens with zero attached hydrogens (tertiary/aromatic N) is 6. The van der Waals surface area contributed by atoms with Gasteiger partial charge in [0.15, 0.2) is 17.5 Å². The Morgan fingerprint density at radius 1 is 0.459 bits per heavy atom. The third-order valence-electron chi connectivity index (χ3n) is 12.2. The van der Waals surface area contributed by atoms with Gasteiger partial charge in [0.05, 0.1) is 39.3 Å². The molecule has 3 heterocycles. The second kappa shape index (κ2) is 13.2. The number of nitriles is 2. The molecule has 0 fully saturated rings. The molecule has 2 aromatic heterocycles. The molecule has 61 heavy (non-hydrogen) atoms. The summed E-state index contributed by atoms with van der Waals surface area (Å²) in [6.45, 7) is 0. The first-order valence-corrected chi connectivity index (χ1v) is 20.1. The van der Waals surface area contributed by atoms with Crippen LogP contribution in [0.1, 0.15) is 33.4 Å². The fourth-order valence-corrected chi connectivity index (χ4v) is 9.73. The van der Waals surface area contributed by atoms with E-state index in [0.29, 0.717) is 39.9 Å². The maximum atomic E-state index is 11.0. The number of hydrogen-bond acceptors (Lipinski definition) is 6. The van der Waals surface area contributed by atoms with Crippen LogP contribution in [0.3, 0.4) is 0 Å². The molecule has 0 bridgehead atoms. The van der Waals surface area contributed by atoms with Crippen molar-refractivity contribution in [3.63, 3.8) is 0 Å². The van der Waals surface area contributed by atoms with Gasteiger partial charge >= 0.3 is 0 Å². The number of fused-ring (bicyclic) bond motifs is 13. The van der Waals surface area contributed by atoms with E-state index in [1.165, 1.54) is 11.1 Å². The Kier molecular flexibility index (Phi) is 7.44. The van der Waals surface area contributed by atoms with Crippen LogP contribution in [0.4, 0.5) is 0 Å². The van der Waals surface area contributed by atoms with Crippen LogP contribution in [0, 0.1) is 22.7 Å². The van der Waals surface area contributed by atoms with E-state index >= 15 is 0 Å². The van der Waals surface area contributed by atoms with E-state index in [1.54, 1.807) is 6.07 Å². The molecule has 0 radical (unpaired) electrons. The third kappa shape index (κ3) is 4.86. The number of ether oxygens (including phenoxy) is 1. The summed E-state index contributed by atoms with van der Waals surface area (Å²) in [4.78, 5) is 14.7. The summed E-state index contributed by atoms with van der Waals surface area (Å²) >= 11 is 0. The number of aromatic nitrogens is 4. The summed E-state index contributed by atoms with van der Waals surface area (Å²) in [6, 6.07) is 66.1. The van der Waals surface area contributed by atoms with Crippen LogP contribution in [0.25, 0.3) is 72.8 Å². The molecule has 0 amide bonds. The van der Waals surface area contributed by atoms with Crippen molar-refractivity contribution in [2.45, 2.75) is 5.41 Å². The Labute approximate surface area is 350 Å². The standard InChI is InChI=1S/C54H30N6O/c55-31-35-30-46(36(32-56)29-39(35)53-58-51(33-15-3-1-4-16-33)57-52(59-53)34-17-5-2-6-18-34)60-44-24-12-8-20-38(44)50-45(60)28-27-43-49(50)37-19-7-9-21-40(37)54(43)41-22-10-13-25-47(41)61-48-26-14-11-23-42(48)54/h1-30H. The molecule has 2 aliphatic rings. The zero-order chi connectivity index (χ0) is 40.7. The molecule has 0 N–H and O–H groups in total. The average Bonchev–Trinajstić information content (AvgIpc) is 3.82. The van der Waals surface area contributed by atoms with Crippen LogP contribution >= 0.6 is 0 Å². The predicted molar refractivity (Wildman–Crippen MR) is 237 cm³/mol. The highest BCUT2D eigenvalue weighted by Gasteiger charge is 2.51. The molecule has 0 atom stereocenters. The van der Waals surface area contributed by atoms with E-state index in [1.807, 2.05) is 84.9 Å². The zero-order valence-corrected chi connectivity index (χ0v) is 32.4. The van der Waals surface area contributed by atoms with Gasteiger partial charge in [-0.25, -0.2) is 15.0 Å². The van der Waals surface area contributed by atoms with Crippen LogP contribution in [0.15, 0.2) is 182 Å². The number of rotatable bonds is 4. The summed E-state index contributed by atoms with van der Waals surface area (Å²) in [6.07, 6.45) is 0. The van der Waals surface area contributed by atoms with Gasteiger partial charge in [0.25, 0.3) is 0 Å². The smallest absolute Gasteiger partial charge is 0.165 e. The molecular formula is C54H30N6O. The summed E-state index contributed by atoms with van der Waals surface area (Å²) < 4.78 is 8.72. The highest BCUT2D eigenvalue weighted by molar-refractivity contribution is 6.18. The fraction of sp³-hybridized carbons (Fsp3) is 0.0185. The topological polar surface area (TPSA) is 100 Å². The van der Waals surface area contributed by atoms with Crippen LogP contribution in [0.2, 0.25) is 0 Å². The molecule has 10 aromatic rings. The van der Waals surface area contributed by atoms with Crippen molar-refractivity contribution in [3.8, 4) is 74.6 Å². The Hall–Kier alpha value is -8.65. The van der Waals surface area contributed by atoms with Crippen molar-refractivity contribution in [1.82, 2.24) is 19.5 Å². The molecule has 8 aromatic carbocycles. The van der Waals surface area contributed by atoms with Crippen molar-refractivity contribution in [2.24, 2.45) is 0 Å². The van der Waals surface area contributed by atoms with Crippen LogP contribution < -0.4 is 4.74 Å².